The number of nitrogens with zero attached hydrogens (tertiary/aromatic N) is 2. The average molecular weight is 306 g/mol. The fourth-order valence-corrected chi connectivity index (χ4v) is 3.38. The zero-order valence-corrected chi connectivity index (χ0v) is 12.6. The van der Waals surface area contributed by atoms with Crippen molar-refractivity contribution in [2.45, 2.75) is 31.7 Å². The predicted molar refractivity (Wildman–Crippen MR) is 83.7 cm³/mol. The first kappa shape index (κ1) is 14.4. The molecule has 0 bridgehead atoms. The van der Waals surface area contributed by atoms with Crippen molar-refractivity contribution in [3.63, 3.8) is 0 Å². The van der Waals surface area contributed by atoms with E-state index in [1.165, 1.54) is 36.3 Å². The summed E-state index contributed by atoms with van der Waals surface area (Å²) in [6.07, 6.45) is 4.59. The van der Waals surface area contributed by atoms with Crippen molar-refractivity contribution in [2.24, 2.45) is 11.7 Å². The highest BCUT2D eigenvalue weighted by Crippen LogP contribution is 2.28. The molecular weight excluding hydrogens is 287 g/mol. The largest absolute Gasteiger partial charge is 0.360 e. The lowest BCUT2D eigenvalue weighted by Crippen LogP contribution is -2.29. The van der Waals surface area contributed by atoms with Crippen LogP contribution in [0.4, 0.5) is 9.52 Å². The zero-order chi connectivity index (χ0) is 14.7. The lowest BCUT2D eigenvalue weighted by molar-refractivity contribution is 0.339. The van der Waals surface area contributed by atoms with E-state index in [9.17, 15) is 4.39 Å². The van der Waals surface area contributed by atoms with Crippen LogP contribution < -0.4 is 11.1 Å². The topological polar surface area (TPSA) is 63.8 Å². The van der Waals surface area contributed by atoms with Gasteiger partial charge in [-0.25, -0.2) is 4.39 Å². The van der Waals surface area contributed by atoms with E-state index in [1.54, 1.807) is 12.1 Å². The second-order valence-electron chi connectivity index (χ2n) is 5.58. The normalized spacial score (nSPS) is 22.2. The lowest BCUT2D eigenvalue weighted by atomic mass is 9.86. The zero-order valence-electron chi connectivity index (χ0n) is 11.8. The molecule has 112 valence electrons. The summed E-state index contributed by atoms with van der Waals surface area (Å²) in [6.45, 7) is 0.921. The molecule has 0 saturated heterocycles. The molecule has 1 saturated carbocycles. The second-order valence-corrected chi connectivity index (χ2v) is 6.56. The summed E-state index contributed by atoms with van der Waals surface area (Å²) in [7, 11) is 0. The van der Waals surface area contributed by atoms with Crippen LogP contribution in [0.1, 0.15) is 25.7 Å². The van der Waals surface area contributed by atoms with Gasteiger partial charge in [0.25, 0.3) is 0 Å². The van der Waals surface area contributed by atoms with Crippen LogP contribution in [0.2, 0.25) is 0 Å². The Balaban J connectivity index is 1.56. The van der Waals surface area contributed by atoms with Gasteiger partial charge in [-0.1, -0.05) is 11.3 Å². The maximum absolute atomic E-state index is 12.9. The van der Waals surface area contributed by atoms with Crippen LogP contribution in [-0.2, 0) is 0 Å². The third kappa shape index (κ3) is 3.77. The van der Waals surface area contributed by atoms with Gasteiger partial charge in [-0.2, -0.15) is 0 Å². The molecule has 4 nitrogen and oxygen atoms in total. The molecule has 6 heteroatoms. The fourth-order valence-electron chi connectivity index (χ4n) is 2.63. The van der Waals surface area contributed by atoms with Gasteiger partial charge in [0.1, 0.15) is 10.8 Å². The first-order valence-corrected chi connectivity index (χ1v) is 8.11. The second kappa shape index (κ2) is 6.49. The Hall–Kier alpha value is -1.53. The van der Waals surface area contributed by atoms with Crippen LogP contribution in [0.25, 0.3) is 10.6 Å². The quantitative estimate of drug-likeness (QED) is 0.910. The number of nitrogens with two attached hydrogens (primary N) is 1. The van der Waals surface area contributed by atoms with Gasteiger partial charge in [-0.15, -0.1) is 10.2 Å². The number of hydrogen-bond acceptors (Lipinski definition) is 5. The monoisotopic (exact) mass is 306 g/mol. The summed E-state index contributed by atoms with van der Waals surface area (Å²) in [4.78, 5) is 0. The van der Waals surface area contributed by atoms with Gasteiger partial charge in [-0.05, 0) is 55.9 Å². The van der Waals surface area contributed by atoms with Crippen molar-refractivity contribution in [2.75, 3.05) is 11.9 Å². The molecule has 0 spiro atoms. The molecule has 3 rings (SSSR count). The van der Waals surface area contributed by atoms with Crippen LogP contribution in [0.15, 0.2) is 24.3 Å². The smallest absolute Gasteiger partial charge is 0.206 e. The molecule has 1 fully saturated rings. The molecule has 1 aliphatic rings. The molecule has 21 heavy (non-hydrogen) atoms. The minimum Gasteiger partial charge on any atom is -0.360 e. The first-order valence-electron chi connectivity index (χ1n) is 7.29. The minimum absolute atomic E-state index is 0.239. The van der Waals surface area contributed by atoms with Gasteiger partial charge < -0.3 is 11.1 Å². The number of nitrogens with one attached hydrogen (secondary N) is 1. The molecule has 3 N–H and O–H groups in total. The van der Waals surface area contributed by atoms with Crippen LogP contribution in [0.3, 0.4) is 0 Å². The summed E-state index contributed by atoms with van der Waals surface area (Å²) in [5, 5.41) is 13.3. The van der Waals surface area contributed by atoms with E-state index in [0.717, 1.165) is 35.1 Å². The summed E-state index contributed by atoms with van der Waals surface area (Å²) in [5.74, 6) is 0.431. The van der Waals surface area contributed by atoms with Crippen LogP contribution in [0.5, 0.6) is 0 Å². The van der Waals surface area contributed by atoms with Crippen molar-refractivity contribution in [1.82, 2.24) is 10.2 Å². The number of benzene rings is 1. The Labute approximate surface area is 127 Å². The third-order valence-corrected chi connectivity index (χ3v) is 4.88. The standard InChI is InChI=1S/C15H19FN4S/c16-12-5-3-11(4-6-12)14-19-20-15(21-14)18-9-10-1-7-13(17)8-2-10/h3-6,10,13H,1-2,7-9,17H2,(H,18,20)/t10-,13-. The van der Waals surface area contributed by atoms with E-state index in [4.69, 9.17) is 5.73 Å². The average Bonchev–Trinajstić information content (AvgIpc) is 2.96. The molecule has 1 aliphatic carbocycles. The van der Waals surface area contributed by atoms with Crippen LogP contribution in [-0.4, -0.2) is 22.8 Å². The molecule has 2 aromatic rings. The van der Waals surface area contributed by atoms with E-state index in [1.807, 2.05) is 0 Å². The Morgan fingerprint density at radius 3 is 2.57 bits per heavy atom. The fraction of sp³-hybridized carbons (Fsp3) is 0.467. The number of halogens is 1. The van der Waals surface area contributed by atoms with Gasteiger partial charge in [-0.3, -0.25) is 0 Å². The van der Waals surface area contributed by atoms with Crippen LogP contribution >= 0.6 is 11.3 Å². The van der Waals surface area contributed by atoms with Crippen molar-refractivity contribution in [3.8, 4) is 10.6 Å². The Bertz CT molecular complexity index is 576. The van der Waals surface area contributed by atoms with E-state index >= 15 is 0 Å². The summed E-state index contributed by atoms with van der Waals surface area (Å²) < 4.78 is 12.9. The van der Waals surface area contributed by atoms with Gasteiger partial charge in [0.15, 0.2) is 0 Å². The van der Waals surface area contributed by atoms with E-state index in [-0.39, 0.29) is 5.82 Å². The molecule has 0 amide bonds. The van der Waals surface area contributed by atoms with Gasteiger partial charge >= 0.3 is 0 Å². The summed E-state index contributed by atoms with van der Waals surface area (Å²) in [6, 6.07) is 6.71. The highest BCUT2D eigenvalue weighted by atomic mass is 32.1. The highest BCUT2D eigenvalue weighted by molar-refractivity contribution is 7.18. The molecule has 1 aromatic carbocycles. The molecule has 1 aromatic heterocycles. The van der Waals surface area contributed by atoms with E-state index < -0.39 is 0 Å². The lowest BCUT2D eigenvalue weighted by Gasteiger charge is -2.25. The van der Waals surface area contributed by atoms with Crippen molar-refractivity contribution in [3.05, 3.63) is 30.1 Å². The predicted octanol–water partition coefficient (Wildman–Crippen LogP) is 3.27. The Morgan fingerprint density at radius 2 is 1.86 bits per heavy atom. The number of anilines is 1. The molecule has 0 atom stereocenters. The maximum atomic E-state index is 12.9. The summed E-state index contributed by atoms with van der Waals surface area (Å²) >= 11 is 1.50. The molecule has 0 aliphatic heterocycles. The molecule has 0 radical (unpaired) electrons. The van der Waals surface area contributed by atoms with Crippen LogP contribution in [0, 0.1) is 11.7 Å². The van der Waals surface area contributed by atoms with Crippen molar-refractivity contribution >= 4 is 16.5 Å². The Kier molecular flexibility index (Phi) is 4.45. The van der Waals surface area contributed by atoms with E-state index in [2.05, 4.69) is 15.5 Å². The molecule has 0 unspecified atom stereocenters. The number of hydrogen-bond donors (Lipinski definition) is 2. The Morgan fingerprint density at radius 1 is 1.14 bits per heavy atom. The van der Waals surface area contributed by atoms with Gasteiger partial charge in [0, 0.05) is 18.2 Å². The van der Waals surface area contributed by atoms with Gasteiger partial charge in [0.05, 0.1) is 0 Å². The third-order valence-electron chi connectivity index (χ3n) is 3.95. The minimum atomic E-state index is -0.239. The SMILES string of the molecule is N[C@H]1CC[C@H](CNc2nnc(-c3ccc(F)cc3)s2)CC1. The number of rotatable bonds is 4. The highest BCUT2D eigenvalue weighted by Gasteiger charge is 2.18. The molecular formula is C15H19FN4S. The first-order chi connectivity index (χ1) is 10.2. The van der Waals surface area contributed by atoms with Crippen molar-refractivity contribution < 1.29 is 4.39 Å². The molecule has 1 heterocycles. The maximum Gasteiger partial charge on any atom is 0.206 e. The summed E-state index contributed by atoms with van der Waals surface area (Å²) in [5.41, 5.74) is 6.81. The number of aromatic nitrogens is 2. The van der Waals surface area contributed by atoms with Gasteiger partial charge in [0.2, 0.25) is 5.13 Å². The van der Waals surface area contributed by atoms with E-state index in [0.29, 0.717) is 12.0 Å². The van der Waals surface area contributed by atoms with Crippen molar-refractivity contribution in [1.29, 1.82) is 0 Å².